The van der Waals surface area contributed by atoms with E-state index in [2.05, 4.69) is 18.8 Å². The number of carbonyl (C=O) groups is 1. The molecule has 0 saturated heterocycles. The Morgan fingerprint density at radius 3 is 2.82 bits per heavy atom. The highest BCUT2D eigenvalue weighted by atomic mass is 32.2. The number of fused-ring (bicyclic) bond motifs is 3. The molecule has 4 rings (SSSR count). The van der Waals surface area contributed by atoms with Crippen molar-refractivity contribution < 1.29 is 14.6 Å². The second-order valence-corrected chi connectivity index (χ2v) is 9.06. The molecule has 0 amide bonds. The Kier molecular flexibility index (Phi) is 5.27. The van der Waals surface area contributed by atoms with E-state index in [1.807, 2.05) is 30.3 Å². The summed E-state index contributed by atoms with van der Waals surface area (Å²) in [4.78, 5) is 31.0. The number of ether oxygens (including phenoxy) is 1. The Morgan fingerprint density at radius 1 is 1.39 bits per heavy atom. The Hall–Kier alpha value is -2.16. The molecule has 1 aromatic carbocycles. The minimum absolute atomic E-state index is 0.0796. The summed E-state index contributed by atoms with van der Waals surface area (Å²) in [5, 5.41) is 10.1. The summed E-state index contributed by atoms with van der Waals surface area (Å²) < 4.78 is 7.48. The Morgan fingerprint density at radius 2 is 2.14 bits per heavy atom. The van der Waals surface area contributed by atoms with Crippen molar-refractivity contribution in [2.45, 2.75) is 38.1 Å². The highest BCUT2D eigenvalue weighted by molar-refractivity contribution is 7.99. The van der Waals surface area contributed by atoms with E-state index in [1.54, 1.807) is 0 Å². The van der Waals surface area contributed by atoms with Crippen molar-refractivity contribution in [1.29, 1.82) is 0 Å². The van der Waals surface area contributed by atoms with Gasteiger partial charge in [-0.05, 0) is 23.6 Å². The average molecular weight is 417 g/mol. The molecule has 0 saturated carbocycles. The first kappa shape index (κ1) is 19.2. The molecule has 0 fully saturated rings. The fourth-order valence-corrected chi connectivity index (χ4v) is 5.26. The van der Waals surface area contributed by atoms with Crippen LogP contribution in [0, 0.1) is 5.92 Å². The van der Waals surface area contributed by atoms with Gasteiger partial charge in [0.15, 0.2) is 5.16 Å². The monoisotopic (exact) mass is 416 g/mol. The SMILES string of the molecule is CC(C)[C@@H]1Cc2c(sc3nc(SCC(=O)O)n(-c4ccccc4)c(=O)c23)CO1. The molecule has 2 aromatic heterocycles. The van der Waals surface area contributed by atoms with Gasteiger partial charge in [-0.3, -0.25) is 14.2 Å². The van der Waals surface area contributed by atoms with Crippen molar-refractivity contribution >= 4 is 39.3 Å². The fraction of sp³-hybridized carbons (Fsp3) is 0.350. The predicted octanol–water partition coefficient (Wildman–Crippen LogP) is 3.72. The molecule has 0 bridgehead atoms. The number of thioether (sulfide) groups is 1. The number of carboxylic acids is 1. The second kappa shape index (κ2) is 7.69. The highest BCUT2D eigenvalue weighted by Gasteiger charge is 2.28. The molecule has 0 radical (unpaired) electrons. The number of hydrogen-bond donors (Lipinski definition) is 1. The third-order valence-electron chi connectivity index (χ3n) is 4.79. The van der Waals surface area contributed by atoms with Gasteiger partial charge in [-0.25, -0.2) is 4.98 Å². The molecule has 0 spiro atoms. The van der Waals surface area contributed by atoms with Gasteiger partial charge < -0.3 is 9.84 Å². The fourth-order valence-electron chi connectivity index (χ4n) is 3.36. The maximum absolute atomic E-state index is 13.5. The van der Waals surface area contributed by atoms with Gasteiger partial charge in [0.1, 0.15) is 4.83 Å². The molecule has 6 nitrogen and oxygen atoms in total. The van der Waals surface area contributed by atoms with Crippen molar-refractivity contribution in [2.24, 2.45) is 5.92 Å². The second-order valence-electron chi connectivity index (χ2n) is 7.03. The molecule has 146 valence electrons. The van der Waals surface area contributed by atoms with Crippen molar-refractivity contribution in [1.82, 2.24) is 9.55 Å². The van der Waals surface area contributed by atoms with Crippen molar-refractivity contribution in [2.75, 3.05) is 5.75 Å². The number of aliphatic carboxylic acids is 1. The normalized spacial score (nSPS) is 16.5. The van der Waals surface area contributed by atoms with Gasteiger partial charge in [0.05, 0.1) is 29.5 Å². The van der Waals surface area contributed by atoms with Crippen LogP contribution in [0.25, 0.3) is 15.9 Å². The van der Waals surface area contributed by atoms with Crippen molar-refractivity contribution in [3.63, 3.8) is 0 Å². The first-order valence-electron chi connectivity index (χ1n) is 9.04. The van der Waals surface area contributed by atoms with Crippen LogP contribution in [-0.4, -0.2) is 32.5 Å². The maximum atomic E-state index is 13.5. The molecule has 0 unspecified atom stereocenters. The molecule has 28 heavy (non-hydrogen) atoms. The number of benzene rings is 1. The first-order chi connectivity index (χ1) is 13.5. The lowest BCUT2D eigenvalue weighted by Crippen LogP contribution is -2.28. The van der Waals surface area contributed by atoms with Gasteiger partial charge in [0, 0.05) is 11.3 Å². The van der Waals surface area contributed by atoms with Gasteiger partial charge in [-0.1, -0.05) is 43.8 Å². The van der Waals surface area contributed by atoms with Gasteiger partial charge in [-0.2, -0.15) is 0 Å². The van der Waals surface area contributed by atoms with Crippen LogP contribution < -0.4 is 5.56 Å². The minimum atomic E-state index is -0.947. The summed E-state index contributed by atoms with van der Waals surface area (Å²) in [5.74, 6) is -0.746. The quantitative estimate of drug-likeness (QED) is 0.504. The molecule has 1 N–H and O–H groups in total. The van der Waals surface area contributed by atoms with Crippen molar-refractivity contribution in [3.05, 3.63) is 51.1 Å². The van der Waals surface area contributed by atoms with Crippen LogP contribution in [0.3, 0.4) is 0 Å². The van der Waals surface area contributed by atoms with Crippen LogP contribution >= 0.6 is 23.1 Å². The first-order valence-corrected chi connectivity index (χ1v) is 10.8. The Bertz CT molecular complexity index is 1090. The summed E-state index contributed by atoms with van der Waals surface area (Å²) in [6.45, 7) is 4.72. The lowest BCUT2D eigenvalue weighted by molar-refractivity contribution is -0.133. The van der Waals surface area contributed by atoms with E-state index in [1.165, 1.54) is 15.9 Å². The van der Waals surface area contributed by atoms with E-state index in [0.717, 1.165) is 22.2 Å². The molecule has 1 atom stereocenters. The van der Waals surface area contributed by atoms with E-state index >= 15 is 0 Å². The highest BCUT2D eigenvalue weighted by Crippen LogP contribution is 2.36. The molecule has 8 heteroatoms. The summed E-state index contributed by atoms with van der Waals surface area (Å²) in [6, 6.07) is 9.24. The molecular weight excluding hydrogens is 396 g/mol. The smallest absolute Gasteiger partial charge is 0.313 e. The summed E-state index contributed by atoms with van der Waals surface area (Å²) in [5.41, 5.74) is 1.56. The zero-order valence-electron chi connectivity index (χ0n) is 15.5. The van der Waals surface area contributed by atoms with E-state index in [4.69, 9.17) is 9.84 Å². The Balaban J connectivity index is 1.93. The number of thiophene rings is 1. The number of nitrogens with zero attached hydrogens (tertiary/aromatic N) is 2. The zero-order chi connectivity index (χ0) is 19.8. The minimum Gasteiger partial charge on any atom is -0.481 e. The number of aromatic nitrogens is 2. The number of rotatable bonds is 5. The van der Waals surface area contributed by atoms with E-state index in [-0.39, 0.29) is 17.4 Å². The molecular formula is C20H20N2O4S2. The van der Waals surface area contributed by atoms with Gasteiger partial charge in [0.2, 0.25) is 0 Å². The molecule has 0 aliphatic carbocycles. The number of hydrogen-bond acceptors (Lipinski definition) is 6. The zero-order valence-corrected chi connectivity index (χ0v) is 17.2. The third-order valence-corrected chi connectivity index (χ3v) is 6.82. The number of carboxylic acid groups (broad SMARTS) is 1. The van der Waals surface area contributed by atoms with Crippen LogP contribution in [-0.2, 0) is 22.6 Å². The molecule has 3 aromatic rings. The predicted molar refractivity (Wildman–Crippen MR) is 111 cm³/mol. The summed E-state index contributed by atoms with van der Waals surface area (Å²) in [6.07, 6.45) is 0.774. The van der Waals surface area contributed by atoms with E-state index in [0.29, 0.717) is 40.0 Å². The third kappa shape index (κ3) is 3.47. The topological polar surface area (TPSA) is 81.4 Å². The van der Waals surface area contributed by atoms with Gasteiger partial charge in [-0.15, -0.1) is 11.3 Å². The summed E-state index contributed by atoms with van der Waals surface area (Å²) >= 11 is 2.53. The van der Waals surface area contributed by atoms with E-state index < -0.39 is 5.97 Å². The average Bonchev–Trinajstić information content (AvgIpc) is 3.04. The van der Waals surface area contributed by atoms with Gasteiger partial charge in [0.25, 0.3) is 5.56 Å². The van der Waals surface area contributed by atoms with Crippen LogP contribution in [0.2, 0.25) is 0 Å². The number of para-hydroxylation sites is 1. The molecule has 1 aliphatic rings. The van der Waals surface area contributed by atoms with Crippen LogP contribution in [0.5, 0.6) is 0 Å². The van der Waals surface area contributed by atoms with Crippen LogP contribution in [0.4, 0.5) is 0 Å². The van der Waals surface area contributed by atoms with Crippen LogP contribution in [0.15, 0.2) is 40.3 Å². The van der Waals surface area contributed by atoms with Gasteiger partial charge >= 0.3 is 5.97 Å². The maximum Gasteiger partial charge on any atom is 0.313 e. The summed E-state index contributed by atoms with van der Waals surface area (Å²) in [7, 11) is 0. The lowest BCUT2D eigenvalue weighted by Gasteiger charge is -2.26. The molecule has 1 aliphatic heterocycles. The lowest BCUT2D eigenvalue weighted by atomic mass is 9.96. The largest absolute Gasteiger partial charge is 0.481 e. The standard InChI is InChI=1S/C20H20N2O4S2/c1-11(2)14-8-13-15(9-26-14)28-18-17(13)19(25)22(12-6-4-3-5-7-12)20(21-18)27-10-16(23)24/h3-7,11,14H,8-10H2,1-2H3,(H,23,24)/t14-/m0/s1. The van der Waals surface area contributed by atoms with E-state index in [9.17, 15) is 9.59 Å². The van der Waals surface area contributed by atoms with Crippen LogP contribution in [0.1, 0.15) is 24.3 Å². The van der Waals surface area contributed by atoms with Crippen molar-refractivity contribution in [3.8, 4) is 5.69 Å². The molecule has 3 heterocycles. The Labute approximate surface area is 170 Å².